The zero-order valence-corrected chi connectivity index (χ0v) is 20.7. The summed E-state index contributed by atoms with van der Waals surface area (Å²) in [6, 6.07) is 27.3. The SMILES string of the molecule is CCCN(CC(=O)Nc1ccccc1C)C(=O)CCc1nc(-c2ccccc2)c(-c2ccccc2)o1. The van der Waals surface area contributed by atoms with Gasteiger partial charge in [-0.15, -0.1) is 0 Å². The number of rotatable bonds is 10. The van der Waals surface area contributed by atoms with Crippen LogP contribution in [0, 0.1) is 6.92 Å². The van der Waals surface area contributed by atoms with Crippen LogP contribution in [0.25, 0.3) is 22.6 Å². The van der Waals surface area contributed by atoms with Crippen molar-refractivity contribution in [1.82, 2.24) is 9.88 Å². The first-order valence-corrected chi connectivity index (χ1v) is 12.3. The molecular formula is C30H31N3O3. The van der Waals surface area contributed by atoms with Crippen molar-refractivity contribution in [2.75, 3.05) is 18.4 Å². The maximum absolute atomic E-state index is 13.1. The van der Waals surface area contributed by atoms with Gasteiger partial charge in [-0.2, -0.15) is 0 Å². The van der Waals surface area contributed by atoms with E-state index < -0.39 is 0 Å². The summed E-state index contributed by atoms with van der Waals surface area (Å²) in [4.78, 5) is 32.1. The van der Waals surface area contributed by atoms with Crippen LogP contribution in [0.1, 0.15) is 31.2 Å². The number of amides is 2. The third kappa shape index (κ3) is 6.27. The number of nitrogens with zero attached hydrogens (tertiary/aromatic N) is 2. The van der Waals surface area contributed by atoms with Gasteiger partial charge in [0.05, 0.1) is 6.54 Å². The van der Waals surface area contributed by atoms with E-state index in [9.17, 15) is 9.59 Å². The molecular weight excluding hydrogens is 450 g/mol. The molecule has 1 heterocycles. The second kappa shape index (κ2) is 12.0. The van der Waals surface area contributed by atoms with Crippen molar-refractivity contribution in [2.24, 2.45) is 0 Å². The van der Waals surface area contributed by atoms with Gasteiger partial charge in [0.25, 0.3) is 0 Å². The van der Waals surface area contributed by atoms with Crippen molar-refractivity contribution in [2.45, 2.75) is 33.1 Å². The quantitative estimate of drug-likeness (QED) is 0.296. The Bertz CT molecular complexity index is 1240. The van der Waals surface area contributed by atoms with Crippen LogP contribution < -0.4 is 5.32 Å². The van der Waals surface area contributed by atoms with Crippen molar-refractivity contribution in [3.05, 3.63) is 96.4 Å². The molecule has 1 aromatic heterocycles. The largest absolute Gasteiger partial charge is 0.440 e. The van der Waals surface area contributed by atoms with Crippen molar-refractivity contribution in [1.29, 1.82) is 0 Å². The zero-order chi connectivity index (χ0) is 25.3. The van der Waals surface area contributed by atoms with Crippen molar-refractivity contribution in [3.63, 3.8) is 0 Å². The van der Waals surface area contributed by atoms with E-state index in [-0.39, 0.29) is 24.8 Å². The summed E-state index contributed by atoms with van der Waals surface area (Å²) >= 11 is 0. The number of nitrogens with one attached hydrogen (secondary N) is 1. The lowest BCUT2D eigenvalue weighted by Gasteiger charge is -2.21. The van der Waals surface area contributed by atoms with Crippen LogP contribution in [-0.2, 0) is 16.0 Å². The van der Waals surface area contributed by atoms with Gasteiger partial charge >= 0.3 is 0 Å². The summed E-state index contributed by atoms with van der Waals surface area (Å²) in [5.41, 5.74) is 4.38. The number of hydrogen-bond acceptors (Lipinski definition) is 4. The topological polar surface area (TPSA) is 75.4 Å². The first-order chi connectivity index (χ1) is 17.5. The third-order valence-electron chi connectivity index (χ3n) is 5.91. The monoisotopic (exact) mass is 481 g/mol. The normalized spacial score (nSPS) is 10.7. The third-order valence-corrected chi connectivity index (χ3v) is 5.91. The Morgan fingerprint density at radius 3 is 2.19 bits per heavy atom. The van der Waals surface area contributed by atoms with Crippen LogP contribution in [-0.4, -0.2) is 34.8 Å². The fourth-order valence-electron chi connectivity index (χ4n) is 4.06. The van der Waals surface area contributed by atoms with Crippen LogP contribution in [0.2, 0.25) is 0 Å². The summed E-state index contributed by atoms with van der Waals surface area (Å²) in [5, 5.41) is 2.91. The Labute approximate surface area is 212 Å². The van der Waals surface area contributed by atoms with Gasteiger partial charge in [0.2, 0.25) is 11.8 Å². The molecule has 0 radical (unpaired) electrons. The van der Waals surface area contributed by atoms with Gasteiger partial charge < -0.3 is 14.6 Å². The standard InChI is InChI=1S/C30H31N3O3/c1-3-20-33(21-26(34)31-25-17-11-10-12-22(25)2)28(35)19-18-27-32-29(23-13-6-4-7-14-23)30(36-27)24-15-8-5-9-16-24/h4-17H,3,18-21H2,1-2H3,(H,31,34). The molecule has 6 heteroatoms. The molecule has 0 saturated heterocycles. The van der Waals surface area contributed by atoms with E-state index in [1.165, 1.54) is 0 Å². The molecule has 0 bridgehead atoms. The van der Waals surface area contributed by atoms with E-state index in [0.29, 0.717) is 24.6 Å². The van der Waals surface area contributed by atoms with E-state index in [1.54, 1.807) is 4.90 Å². The lowest BCUT2D eigenvalue weighted by Crippen LogP contribution is -2.38. The molecule has 4 aromatic rings. The molecule has 0 unspecified atom stereocenters. The predicted octanol–water partition coefficient (Wildman–Crippen LogP) is 6.13. The average molecular weight is 482 g/mol. The van der Waals surface area contributed by atoms with Crippen LogP contribution in [0.15, 0.2) is 89.3 Å². The first kappa shape index (κ1) is 24.9. The van der Waals surface area contributed by atoms with Gasteiger partial charge in [0.15, 0.2) is 11.7 Å². The molecule has 0 saturated carbocycles. The number of aromatic nitrogens is 1. The second-order valence-electron chi connectivity index (χ2n) is 8.70. The van der Waals surface area contributed by atoms with Crippen molar-refractivity contribution >= 4 is 17.5 Å². The van der Waals surface area contributed by atoms with Gasteiger partial charge in [0, 0.05) is 36.2 Å². The molecule has 0 aliphatic carbocycles. The molecule has 0 spiro atoms. The fraction of sp³-hybridized carbons (Fsp3) is 0.233. The minimum Gasteiger partial charge on any atom is -0.440 e. The van der Waals surface area contributed by atoms with E-state index in [2.05, 4.69) is 5.32 Å². The van der Waals surface area contributed by atoms with E-state index >= 15 is 0 Å². The summed E-state index contributed by atoms with van der Waals surface area (Å²) in [6.45, 7) is 4.45. The molecule has 4 rings (SSSR count). The number of hydrogen-bond donors (Lipinski definition) is 1. The Balaban J connectivity index is 1.46. The lowest BCUT2D eigenvalue weighted by molar-refractivity contribution is -0.134. The highest BCUT2D eigenvalue weighted by Gasteiger charge is 2.20. The van der Waals surface area contributed by atoms with Crippen molar-refractivity contribution < 1.29 is 14.0 Å². The second-order valence-corrected chi connectivity index (χ2v) is 8.70. The number of benzene rings is 3. The Hall–Kier alpha value is -4.19. The Kier molecular flexibility index (Phi) is 8.29. The van der Waals surface area contributed by atoms with Gasteiger partial charge in [0.1, 0.15) is 5.69 Å². The highest BCUT2D eigenvalue weighted by Crippen LogP contribution is 2.32. The zero-order valence-electron chi connectivity index (χ0n) is 20.7. The van der Waals surface area contributed by atoms with E-state index in [0.717, 1.165) is 34.5 Å². The van der Waals surface area contributed by atoms with Crippen molar-refractivity contribution in [3.8, 4) is 22.6 Å². The number of carbonyl (C=O) groups is 2. The number of aryl methyl sites for hydroxylation is 2. The summed E-state index contributed by atoms with van der Waals surface area (Å²) in [5.74, 6) is 0.881. The lowest BCUT2D eigenvalue weighted by atomic mass is 10.1. The summed E-state index contributed by atoms with van der Waals surface area (Å²) in [6.07, 6.45) is 1.32. The number of carbonyl (C=O) groups excluding carboxylic acids is 2. The van der Waals surface area contributed by atoms with Gasteiger partial charge in [-0.1, -0.05) is 85.8 Å². The van der Waals surface area contributed by atoms with E-state index in [4.69, 9.17) is 9.40 Å². The summed E-state index contributed by atoms with van der Waals surface area (Å²) < 4.78 is 6.16. The molecule has 184 valence electrons. The predicted molar refractivity (Wildman–Crippen MR) is 142 cm³/mol. The fourth-order valence-corrected chi connectivity index (χ4v) is 4.06. The highest BCUT2D eigenvalue weighted by atomic mass is 16.4. The molecule has 2 amide bonds. The molecule has 0 fully saturated rings. The van der Waals surface area contributed by atoms with Crippen LogP contribution >= 0.6 is 0 Å². The number of para-hydroxylation sites is 1. The number of anilines is 1. The average Bonchev–Trinajstić information content (AvgIpc) is 3.34. The maximum atomic E-state index is 13.1. The van der Waals surface area contributed by atoms with Gasteiger partial charge in [-0.05, 0) is 25.0 Å². The van der Waals surface area contributed by atoms with Gasteiger partial charge in [-0.3, -0.25) is 9.59 Å². The Morgan fingerprint density at radius 2 is 1.53 bits per heavy atom. The molecule has 0 aliphatic rings. The smallest absolute Gasteiger partial charge is 0.244 e. The number of oxazole rings is 1. The van der Waals surface area contributed by atoms with Crippen LogP contribution in [0.5, 0.6) is 0 Å². The highest BCUT2D eigenvalue weighted by molar-refractivity contribution is 5.95. The molecule has 0 atom stereocenters. The molecule has 36 heavy (non-hydrogen) atoms. The molecule has 3 aromatic carbocycles. The van der Waals surface area contributed by atoms with Gasteiger partial charge in [-0.25, -0.2) is 4.98 Å². The Morgan fingerprint density at radius 1 is 0.889 bits per heavy atom. The molecule has 0 aliphatic heterocycles. The first-order valence-electron chi connectivity index (χ1n) is 12.3. The van der Waals surface area contributed by atoms with E-state index in [1.807, 2.05) is 98.8 Å². The molecule has 1 N–H and O–H groups in total. The maximum Gasteiger partial charge on any atom is 0.244 e. The summed E-state index contributed by atoms with van der Waals surface area (Å²) in [7, 11) is 0. The van der Waals surface area contributed by atoms with Crippen LogP contribution in [0.3, 0.4) is 0 Å². The minimum atomic E-state index is -0.208. The minimum absolute atomic E-state index is 0.0110. The van der Waals surface area contributed by atoms with Crippen LogP contribution in [0.4, 0.5) is 5.69 Å². The molecule has 6 nitrogen and oxygen atoms in total.